The lowest BCUT2D eigenvalue weighted by Gasteiger charge is -2.11. The van der Waals surface area contributed by atoms with Crippen LogP contribution >= 0.6 is 0 Å². The molecular formula is C14H15NO3. The molecule has 1 unspecified atom stereocenters. The Morgan fingerprint density at radius 2 is 2.22 bits per heavy atom. The van der Waals surface area contributed by atoms with Crippen LogP contribution in [-0.4, -0.2) is 22.7 Å². The van der Waals surface area contributed by atoms with Crippen LogP contribution in [-0.2, 0) is 9.53 Å². The number of carbonyl (C=O) groups excluding carboxylic acids is 1. The van der Waals surface area contributed by atoms with E-state index in [1.165, 1.54) is 0 Å². The fourth-order valence-corrected chi connectivity index (χ4v) is 1.87. The van der Waals surface area contributed by atoms with E-state index in [2.05, 4.69) is 4.98 Å². The molecular weight excluding hydrogens is 230 g/mol. The summed E-state index contributed by atoms with van der Waals surface area (Å²) in [5, 5.41) is 11.8. The molecule has 1 heterocycles. The second-order valence-electron chi connectivity index (χ2n) is 4.03. The van der Waals surface area contributed by atoms with E-state index < -0.39 is 12.1 Å². The number of aliphatic hydroxyl groups excluding tert-OH is 1. The van der Waals surface area contributed by atoms with Gasteiger partial charge in [0.2, 0.25) is 0 Å². The normalized spacial score (nSPS) is 12.4. The zero-order valence-corrected chi connectivity index (χ0v) is 10.4. The van der Waals surface area contributed by atoms with Crippen molar-refractivity contribution in [3.63, 3.8) is 0 Å². The van der Waals surface area contributed by atoms with Gasteiger partial charge >= 0.3 is 5.97 Å². The molecule has 0 aliphatic heterocycles. The first-order valence-electron chi connectivity index (χ1n) is 5.83. The van der Waals surface area contributed by atoms with E-state index in [4.69, 9.17) is 4.74 Å². The topological polar surface area (TPSA) is 59.4 Å². The number of aromatic nitrogens is 1. The first kappa shape index (κ1) is 12.5. The molecule has 18 heavy (non-hydrogen) atoms. The second kappa shape index (κ2) is 5.14. The maximum absolute atomic E-state index is 11.5. The molecule has 0 saturated heterocycles. The molecule has 0 spiro atoms. The molecule has 0 bridgehead atoms. The SMILES string of the molecule is CCOC(=O)C(O)c1ccc2c(C)nccc2c1. The fraction of sp³-hybridized carbons (Fsp3) is 0.286. The molecule has 0 amide bonds. The number of fused-ring (bicyclic) bond motifs is 1. The maximum Gasteiger partial charge on any atom is 0.339 e. The van der Waals surface area contributed by atoms with E-state index in [0.29, 0.717) is 5.56 Å². The number of hydrogen-bond donors (Lipinski definition) is 1. The van der Waals surface area contributed by atoms with Crippen molar-refractivity contribution in [2.24, 2.45) is 0 Å². The lowest BCUT2D eigenvalue weighted by atomic mass is 10.0. The van der Waals surface area contributed by atoms with Crippen LogP contribution in [0.4, 0.5) is 0 Å². The van der Waals surface area contributed by atoms with Gasteiger partial charge in [0.05, 0.1) is 6.61 Å². The zero-order chi connectivity index (χ0) is 13.1. The Morgan fingerprint density at radius 3 is 2.94 bits per heavy atom. The number of rotatable bonds is 3. The smallest absolute Gasteiger partial charge is 0.339 e. The summed E-state index contributed by atoms with van der Waals surface area (Å²) < 4.78 is 4.79. The lowest BCUT2D eigenvalue weighted by Crippen LogP contribution is -2.15. The van der Waals surface area contributed by atoms with E-state index in [0.717, 1.165) is 16.5 Å². The summed E-state index contributed by atoms with van der Waals surface area (Å²) in [7, 11) is 0. The summed E-state index contributed by atoms with van der Waals surface area (Å²) in [4.78, 5) is 15.7. The van der Waals surface area contributed by atoms with Crippen molar-refractivity contribution in [1.82, 2.24) is 4.98 Å². The van der Waals surface area contributed by atoms with Crippen LogP contribution < -0.4 is 0 Å². The van der Waals surface area contributed by atoms with Gasteiger partial charge in [0.1, 0.15) is 0 Å². The molecule has 1 atom stereocenters. The fourth-order valence-electron chi connectivity index (χ4n) is 1.87. The second-order valence-corrected chi connectivity index (χ2v) is 4.03. The molecule has 2 aromatic rings. The number of pyridine rings is 1. The summed E-state index contributed by atoms with van der Waals surface area (Å²) in [6, 6.07) is 7.21. The summed E-state index contributed by atoms with van der Waals surface area (Å²) in [6.45, 7) is 3.89. The molecule has 0 aliphatic carbocycles. The molecule has 1 aromatic heterocycles. The van der Waals surface area contributed by atoms with Gasteiger partial charge in [-0.15, -0.1) is 0 Å². The van der Waals surface area contributed by atoms with Gasteiger partial charge in [-0.25, -0.2) is 4.79 Å². The van der Waals surface area contributed by atoms with Gasteiger partial charge in [-0.05, 0) is 36.9 Å². The van der Waals surface area contributed by atoms with Gasteiger partial charge < -0.3 is 9.84 Å². The van der Waals surface area contributed by atoms with E-state index in [1.54, 1.807) is 25.3 Å². The van der Waals surface area contributed by atoms with E-state index in [9.17, 15) is 9.90 Å². The molecule has 0 saturated carbocycles. The monoisotopic (exact) mass is 245 g/mol. The van der Waals surface area contributed by atoms with Crippen molar-refractivity contribution in [2.75, 3.05) is 6.61 Å². The highest BCUT2D eigenvalue weighted by Gasteiger charge is 2.18. The Balaban J connectivity index is 2.38. The molecule has 1 N–H and O–H groups in total. The average molecular weight is 245 g/mol. The third-order valence-corrected chi connectivity index (χ3v) is 2.81. The molecule has 1 aromatic carbocycles. The van der Waals surface area contributed by atoms with Gasteiger partial charge in [-0.3, -0.25) is 4.98 Å². The average Bonchev–Trinajstić information content (AvgIpc) is 2.38. The molecule has 94 valence electrons. The van der Waals surface area contributed by atoms with Crippen molar-refractivity contribution in [1.29, 1.82) is 0 Å². The van der Waals surface area contributed by atoms with Crippen LogP contribution in [0, 0.1) is 6.92 Å². The number of ether oxygens (including phenoxy) is 1. The Morgan fingerprint density at radius 1 is 1.44 bits per heavy atom. The van der Waals surface area contributed by atoms with Crippen molar-refractivity contribution in [2.45, 2.75) is 20.0 Å². The predicted octanol–water partition coefficient (Wildman–Crippen LogP) is 2.14. The molecule has 0 aliphatic rings. The minimum Gasteiger partial charge on any atom is -0.464 e. The van der Waals surface area contributed by atoms with E-state index >= 15 is 0 Å². The Bertz CT molecular complexity index is 580. The minimum atomic E-state index is -1.23. The summed E-state index contributed by atoms with van der Waals surface area (Å²) in [6.07, 6.45) is 0.473. The van der Waals surface area contributed by atoms with Crippen LogP contribution in [0.2, 0.25) is 0 Å². The number of aliphatic hydroxyl groups is 1. The molecule has 4 heteroatoms. The van der Waals surface area contributed by atoms with E-state index in [1.807, 2.05) is 19.1 Å². The van der Waals surface area contributed by atoms with Crippen molar-refractivity contribution in [3.8, 4) is 0 Å². The highest BCUT2D eigenvalue weighted by molar-refractivity contribution is 5.86. The zero-order valence-electron chi connectivity index (χ0n) is 10.4. The van der Waals surface area contributed by atoms with Crippen LogP contribution in [0.5, 0.6) is 0 Å². The van der Waals surface area contributed by atoms with Crippen LogP contribution in [0.1, 0.15) is 24.3 Å². The molecule has 2 rings (SSSR count). The number of hydrogen-bond acceptors (Lipinski definition) is 4. The third-order valence-electron chi connectivity index (χ3n) is 2.81. The summed E-state index contributed by atoms with van der Waals surface area (Å²) in [5.41, 5.74) is 1.45. The first-order chi connectivity index (χ1) is 8.63. The lowest BCUT2D eigenvalue weighted by molar-refractivity contribution is -0.153. The third kappa shape index (κ3) is 2.33. The largest absolute Gasteiger partial charge is 0.464 e. The Labute approximate surface area is 105 Å². The van der Waals surface area contributed by atoms with E-state index in [-0.39, 0.29) is 6.61 Å². The minimum absolute atomic E-state index is 0.256. The predicted molar refractivity (Wildman–Crippen MR) is 68.1 cm³/mol. The summed E-state index contributed by atoms with van der Waals surface area (Å²) >= 11 is 0. The number of aryl methyl sites for hydroxylation is 1. The van der Waals surface area contributed by atoms with Gasteiger partial charge in [0.15, 0.2) is 6.10 Å². The Hall–Kier alpha value is -1.94. The van der Waals surface area contributed by atoms with Crippen molar-refractivity contribution >= 4 is 16.7 Å². The molecule has 0 fully saturated rings. The van der Waals surface area contributed by atoms with Crippen molar-refractivity contribution < 1.29 is 14.6 Å². The molecule has 0 radical (unpaired) electrons. The quantitative estimate of drug-likeness (QED) is 0.842. The van der Waals surface area contributed by atoms with Gasteiger partial charge in [0.25, 0.3) is 0 Å². The number of nitrogens with zero attached hydrogens (tertiary/aromatic N) is 1. The maximum atomic E-state index is 11.5. The van der Waals surface area contributed by atoms with Gasteiger partial charge in [-0.2, -0.15) is 0 Å². The van der Waals surface area contributed by atoms with Crippen LogP contribution in [0.3, 0.4) is 0 Å². The van der Waals surface area contributed by atoms with Crippen molar-refractivity contribution in [3.05, 3.63) is 41.7 Å². The van der Waals surface area contributed by atoms with Gasteiger partial charge in [0, 0.05) is 17.3 Å². The van der Waals surface area contributed by atoms with Crippen LogP contribution in [0.25, 0.3) is 10.8 Å². The number of esters is 1. The first-order valence-corrected chi connectivity index (χ1v) is 5.83. The van der Waals surface area contributed by atoms with Gasteiger partial charge in [-0.1, -0.05) is 12.1 Å². The summed E-state index contributed by atoms with van der Waals surface area (Å²) in [5.74, 6) is -0.623. The molecule has 4 nitrogen and oxygen atoms in total. The highest BCUT2D eigenvalue weighted by Crippen LogP contribution is 2.22. The number of carbonyl (C=O) groups is 1. The van der Waals surface area contributed by atoms with Crippen LogP contribution in [0.15, 0.2) is 30.5 Å². The highest BCUT2D eigenvalue weighted by atomic mass is 16.5. The Kier molecular flexibility index (Phi) is 3.58. The number of benzene rings is 1. The standard InChI is InChI=1S/C14H15NO3/c1-3-18-14(17)13(16)11-4-5-12-9(2)15-7-6-10(12)8-11/h4-8,13,16H,3H2,1-2H3.